The largest absolute Gasteiger partial charge is 0.360 e. The van der Waals surface area contributed by atoms with E-state index >= 15 is 0 Å². The van der Waals surface area contributed by atoms with Crippen LogP contribution >= 0.6 is 0 Å². The first-order valence-electron chi connectivity index (χ1n) is 10.8. The van der Waals surface area contributed by atoms with Crippen LogP contribution in [-0.4, -0.2) is 52.4 Å². The number of hydrogen-bond donors (Lipinski definition) is 2. The zero-order valence-electron chi connectivity index (χ0n) is 18.0. The molecule has 3 aromatic rings. The third-order valence-electron chi connectivity index (χ3n) is 5.95. The van der Waals surface area contributed by atoms with Crippen molar-refractivity contribution in [2.24, 2.45) is 0 Å². The molecule has 7 nitrogen and oxygen atoms in total. The van der Waals surface area contributed by atoms with Gasteiger partial charge < -0.3 is 14.8 Å². The first kappa shape index (κ1) is 21.1. The van der Waals surface area contributed by atoms with E-state index in [0.29, 0.717) is 40.9 Å². The van der Waals surface area contributed by atoms with E-state index in [4.69, 9.17) is 4.52 Å². The number of carbonyl (C=O) groups is 2. The number of aromatic nitrogens is 2. The number of ketones is 1. The van der Waals surface area contributed by atoms with Gasteiger partial charge in [0.1, 0.15) is 17.1 Å². The Bertz CT molecular complexity index is 1050. The normalized spacial score (nSPS) is 16.9. The lowest BCUT2D eigenvalue weighted by Gasteiger charge is -2.33. The van der Waals surface area contributed by atoms with Gasteiger partial charge >= 0.3 is 0 Å². The highest BCUT2D eigenvalue weighted by atomic mass is 16.5. The third-order valence-corrected chi connectivity index (χ3v) is 5.95. The van der Waals surface area contributed by atoms with Crippen LogP contribution in [0.3, 0.4) is 0 Å². The van der Waals surface area contributed by atoms with Gasteiger partial charge in [0.05, 0.1) is 5.56 Å². The molecule has 1 aromatic carbocycles. The van der Waals surface area contributed by atoms with Gasteiger partial charge in [-0.15, -0.1) is 0 Å². The summed E-state index contributed by atoms with van der Waals surface area (Å²) in [5.41, 5.74) is 2.49. The standard InChI is InChI=1S/C24H28N4O3/c1-16-8-6-7-12-28(16)13-11-25-24(30)20-14-19(15-26-20)23(29)21-17(2)31-27-22(21)18-9-4-3-5-10-18/h3-5,9-10,14-16,26H,6-8,11-13H2,1-2H3,(H,25,30). The second-order valence-electron chi connectivity index (χ2n) is 8.10. The topological polar surface area (TPSA) is 91.2 Å². The fourth-order valence-corrected chi connectivity index (χ4v) is 4.13. The monoisotopic (exact) mass is 420 g/mol. The molecule has 162 valence electrons. The summed E-state index contributed by atoms with van der Waals surface area (Å²) in [5.74, 6) is 0.00999. The molecule has 31 heavy (non-hydrogen) atoms. The lowest BCUT2D eigenvalue weighted by atomic mass is 9.99. The molecule has 1 saturated heterocycles. The van der Waals surface area contributed by atoms with E-state index in [1.807, 2.05) is 30.3 Å². The van der Waals surface area contributed by atoms with Crippen molar-refractivity contribution in [2.75, 3.05) is 19.6 Å². The minimum absolute atomic E-state index is 0.214. The van der Waals surface area contributed by atoms with Gasteiger partial charge in [0.15, 0.2) is 5.78 Å². The fourth-order valence-electron chi connectivity index (χ4n) is 4.13. The number of rotatable bonds is 7. The zero-order valence-corrected chi connectivity index (χ0v) is 18.0. The Labute approximate surface area is 181 Å². The molecule has 0 radical (unpaired) electrons. The summed E-state index contributed by atoms with van der Waals surface area (Å²) in [5, 5.41) is 7.02. The Morgan fingerprint density at radius 1 is 1.26 bits per heavy atom. The Hall–Kier alpha value is -3.19. The van der Waals surface area contributed by atoms with Gasteiger partial charge in [0.25, 0.3) is 5.91 Å². The molecular weight excluding hydrogens is 392 g/mol. The van der Waals surface area contributed by atoms with Crippen molar-refractivity contribution >= 4 is 11.7 Å². The summed E-state index contributed by atoms with van der Waals surface area (Å²) in [7, 11) is 0. The molecule has 1 aliphatic heterocycles. The molecule has 0 saturated carbocycles. The highest BCUT2D eigenvalue weighted by molar-refractivity contribution is 6.13. The van der Waals surface area contributed by atoms with Crippen molar-refractivity contribution in [3.05, 3.63) is 65.2 Å². The zero-order chi connectivity index (χ0) is 21.8. The summed E-state index contributed by atoms with van der Waals surface area (Å²) in [6, 6.07) is 11.6. The highest BCUT2D eigenvalue weighted by Crippen LogP contribution is 2.27. The van der Waals surface area contributed by atoms with Crippen molar-refractivity contribution in [2.45, 2.75) is 39.2 Å². The van der Waals surface area contributed by atoms with Crippen molar-refractivity contribution < 1.29 is 14.1 Å². The second kappa shape index (κ2) is 9.31. The molecule has 1 aliphatic rings. The van der Waals surface area contributed by atoms with Crippen LogP contribution in [0.5, 0.6) is 0 Å². The lowest BCUT2D eigenvalue weighted by Crippen LogP contribution is -2.42. The molecule has 1 atom stereocenters. The summed E-state index contributed by atoms with van der Waals surface area (Å²) < 4.78 is 5.30. The molecule has 0 bridgehead atoms. The van der Waals surface area contributed by atoms with Gasteiger partial charge in [-0.1, -0.05) is 41.9 Å². The van der Waals surface area contributed by atoms with Gasteiger partial charge in [-0.2, -0.15) is 0 Å². The second-order valence-corrected chi connectivity index (χ2v) is 8.10. The molecule has 3 heterocycles. The van der Waals surface area contributed by atoms with Gasteiger partial charge in [0, 0.05) is 36.5 Å². The maximum absolute atomic E-state index is 13.2. The summed E-state index contributed by atoms with van der Waals surface area (Å²) in [6.45, 7) is 6.45. The van der Waals surface area contributed by atoms with Crippen LogP contribution in [0.15, 0.2) is 47.1 Å². The smallest absolute Gasteiger partial charge is 0.267 e. The van der Waals surface area contributed by atoms with Crippen molar-refractivity contribution in [3.63, 3.8) is 0 Å². The van der Waals surface area contributed by atoms with E-state index in [1.54, 1.807) is 19.2 Å². The Kier molecular flexibility index (Phi) is 6.32. The molecule has 1 unspecified atom stereocenters. The SMILES string of the molecule is Cc1onc(-c2ccccc2)c1C(=O)c1c[nH]c(C(=O)NCCN2CCCCC2C)c1. The van der Waals surface area contributed by atoms with E-state index in [2.05, 4.69) is 27.3 Å². The molecule has 7 heteroatoms. The Morgan fingerprint density at radius 3 is 2.84 bits per heavy atom. The number of benzene rings is 1. The summed E-state index contributed by atoms with van der Waals surface area (Å²) in [4.78, 5) is 31.0. The molecule has 2 N–H and O–H groups in total. The van der Waals surface area contributed by atoms with Crippen LogP contribution in [-0.2, 0) is 0 Å². The van der Waals surface area contributed by atoms with Gasteiger partial charge in [0.2, 0.25) is 0 Å². The van der Waals surface area contributed by atoms with Crippen LogP contribution in [0, 0.1) is 6.92 Å². The van der Waals surface area contributed by atoms with Crippen LogP contribution in [0.25, 0.3) is 11.3 Å². The minimum Gasteiger partial charge on any atom is -0.360 e. The maximum atomic E-state index is 13.2. The number of amides is 1. The van der Waals surface area contributed by atoms with E-state index in [9.17, 15) is 9.59 Å². The average molecular weight is 421 g/mol. The molecule has 4 rings (SSSR count). The predicted octanol–water partition coefficient (Wildman–Crippen LogP) is 3.81. The van der Waals surface area contributed by atoms with Crippen molar-refractivity contribution in [1.29, 1.82) is 0 Å². The van der Waals surface area contributed by atoms with E-state index in [1.165, 1.54) is 19.3 Å². The van der Waals surface area contributed by atoms with Gasteiger partial charge in [-0.05, 0) is 39.3 Å². The third kappa shape index (κ3) is 4.61. The van der Waals surface area contributed by atoms with Crippen LogP contribution < -0.4 is 5.32 Å². The number of H-pyrrole nitrogens is 1. The van der Waals surface area contributed by atoms with Crippen LogP contribution in [0.1, 0.15) is 58.4 Å². The molecular formula is C24H28N4O3. The average Bonchev–Trinajstić information content (AvgIpc) is 3.42. The number of nitrogens with zero attached hydrogens (tertiary/aromatic N) is 2. The summed E-state index contributed by atoms with van der Waals surface area (Å²) in [6.07, 6.45) is 5.27. The number of likely N-dealkylation sites (tertiary alicyclic amines) is 1. The van der Waals surface area contributed by atoms with Crippen LogP contribution in [0.2, 0.25) is 0 Å². The number of piperidine rings is 1. The molecule has 0 spiro atoms. The molecule has 2 aromatic heterocycles. The number of aryl methyl sites for hydroxylation is 1. The molecule has 0 aliphatic carbocycles. The Balaban J connectivity index is 1.42. The number of aromatic amines is 1. The highest BCUT2D eigenvalue weighted by Gasteiger charge is 2.24. The Morgan fingerprint density at radius 2 is 2.06 bits per heavy atom. The first-order valence-corrected chi connectivity index (χ1v) is 10.8. The van der Waals surface area contributed by atoms with E-state index < -0.39 is 0 Å². The van der Waals surface area contributed by atoms with Crippen molar-refractivity contribution in [1.82, 2.24) is 20.4 Å². The molecule has 1 amide bonds. The quantitative estimate of drug-likeness (QED) is 0.567. The predicted molar refractivity (Wildman–Crippen MR) is 118 cm³/mol. The maximum Gasteiger partial charge on any atom is 0.267 e. The lowest BCUT2D eigenvalue weighted by molar-refractivity contribution is 0.0934. The number of nitrogens with one attached hydrogen (secondary N) is 2. The van der Waals surface area contributed by atoms with E-state index in [0.717, 1.165) is 18.7 Å². The summed E-state index contributed by atoms with van der Waals surface area (Å²) >= 11 is 0. The van der Waals surface area contributed by atoms with E-state index in [-0.39, 0.29) is 11.7 Å². The van der Waals surface area contributed by atoms with Gasteiger partial charge in [-0.3, -0.25) is 14.5 Å². The number of hydrogen-bond acceptors (Lipinski definition) is 5. The minimum atomic E-state index is -0.227. The number of carbonyl (C=O) groups excluding carboxylic acids is 2. The van der Waals surface area contributed by atoms with Crippen LogP contribution in [0.4, 0.5) is 0 Å². The first-order chi connectivity index (χ1) is 15.0. The van der Waals surface area contributed by atoms with Gasteiger partial charge in [-0.25, -0.2) is 0 Å². The fraction of sp³-hybridized carbons (Fsp3) is 0.375. The van der Waals surface area contributed by atoms with Crippen molar-refractivity contribution in [3.8, 4) is 11.3 Å². The molecule has 1 fully saturated rings.